The van der Waals surface area contributed by atoms with E-state index in [9.17, 15) is 0 Å². The van der Waals surface area contributed by atoms with E-state index in [4.69, 9.17) is 11.6 Å². The molecule has 2 aromatic rings. The van der Waals surface area contributed by atoms with E-state index >= 15 is 0 Å². The summed E-state index contributed by atoms with van der Waals surface area (Å²) in [6.45, 7) is 5.17. The van der Waals surface area contributed by atoms with Crippen LogP contribution in [0.1, 0.15) is 29.0 Å². The van der Waals surface area contributed by atoms with Gasteiger partial charge in [0.1, 0.15) is 0 Å². The van der Waals surface area contributed by atoms with E-state index in [1.807, 2.05) is 6.07 Å². The van der Waals surface area contributed by atoms with Crippen molar-refractivity contribution in [1.82, 2.24) is 5.32 Å². The van der Waals surface area contributed by atoms with E-state index in [2.05, 4.69) is 49.5 Å². The Balaban J connectivity index is 2.31. The zero-order valence-electron chi connectivity index (χ0n) is 10.0. The van der Waals surface area contributed by atoms with Crippen LogP contribution in [0.25, 0.3) is 0 Å². The normalized spacial score (nSPS) is 12.6. The van der Waals surface area contributed by atoms with E-state index in [0.717, 1.165) is 10.9 Å². The summed E-state index contributed by atoms with van der Waals surface area (Å²) in [6.07, 6.45) is 0. The molecule has 1 aromatic carbocycles. The smallest absolute Gasteiger partial charge is 0.0931 e. The molecule has 0 spiro atoms. The fraction of sp³-hybridized carbons (Fsp3) is 0.286. The molecule has 0 saturated heterocycles. The first kappa shape index (κ1) is 12.6. The van der Waals surface area contributed by atoms with Crippen LogP contribution in [0.5, 0.6) is 0 Å². The summed E-state index contributed by atoms with van der Waals surface area (Å²) in [5, 5.41) is 3.50. The fourth-order valence-corrected chi connectivity index (χ4v) is 2.99. The zero-order chi connectivity index (χ0) is 12.3. The van der Waals surface area contributed by atoms with E-state index in [0.29, 0.717) is 0 Å². The molecule has 17 heavy (non-hydrogen) atoms. The van der Waals surface area contributed by atoms with Crippen LogP contribution in [0.15, 0.2) is 36.4 Å². The molecule has 3 heteroatoms. The Hall–Kier alpha value is -0.830. The molecular weight excluding hydrogens is 250 g/mol. The molecule has 0 aliphatic carbocycles. The molecule has 0 saturated carbocycles. The molecule has 0 bridgehead atoms. The molecule has 1 atom stereocenters. The number of rotatable bonds is 4. The number of halogens is 1. The highest BCUT2D eigenvalue weighted by Crippen LogP contribution is 2.31. The van der Waals surface area contributed by atoms with Gasteiger partial charge < -0.3 is 5.32 Å². The summed E-state index contributed by atoms with van der Waals surface area (Å²) < 4.78 is 0.843. The zero-order valence-corrected chi connectivity index (χ0v) is 11.6. The first-order chi connectivity index (χ1) is 8.20. The van der Waals surface area contributed by atoms with Gasteiger partial charge in [-0.25, -0.2) is 0 Å². The van der Waals surface area contributed by atoms with Crippen molar-refractivity contribution < 1.29 is 0 Å². The summed E-state index contributed by atoms with van der Waals surface area (Å²) in [6, 6.07) is 13.0. The van der Waals surface area contributed by atoms with Crippen molar-refractivity contribution in [3.05, 3.63) is 56.7 Å². The van der Waals surface area contributed by atoms with Gasteiger partial charge in [0.25, 0.3) is 0 Å². The summed E-state index contributed by atoms with van der Waals surface area (Å²) in [4.78, 5) is 1.26. The van der Waals surface area contributed by atoms with E-state index in [-0.39, 0.29) is 6.04 Å². The van der Waals surface area contributed by atoms with E-state index in [1.54, 1.807) is 11.3 Å². The lowest BCUT2D eigenvalue weighted by Gasteiger charge is -2.17. The Morgan fingerprint density at radius 3 is 2.41 bits per heavy atom. The molecule has 0 fully saturated rings. The summed E-state index contributed by atoms with van der Waals surface area (Å²) in [5.74, 6) is 0. The highest BCUT2D eigenvalue weighted by atomic mass is 35.5. The van der Waals surface area contributed by atoms with Crippen LogP contribution in [-0.2, 0) is 0 Å². The fourth-order valence-electron chi connectivity index (χ4n) is 1.83. The minimum Gasteiger partial charge on any atom is -0.306 e. The van der Waals surface area contributed by atoms with Gasteiger partial charge in [-0.3, -0.25) is 0 Å². The SMILES string of the molecule is CCNC(c1ccc(C)cc1)c1ccc(Cl)s1. The van der Waals surface area contributed by atoms with Crippen molar-refractivity contribution in [2.75, 3.05) is 6.54 Å². The second-order valence-electron chi connectivity index (χ2n) is 4.04. The van der Waals surface area contributed by atoms with Crippen LogP contribution >= 0.6 is 22.9 Å². The molecule has 0 aliphatic heterocycles. The van der Waals surface area contributed by atoms with Crippen molar-refractivity contribution in [2.45, 2.75) is 19.9 Å². The van der Waals surface area contributed by atoms with Crippen molar-refractivity contribution >= 4 is 22.9 Å². The van der Waals surface area contributed by atoms with Crippen LogP contribution < -0.4 is 5.32 Å². The lowest BCUT2D eigenvalue weighted by Crippen LogP contribution is -2.20. The van der Waals surface area contributed by atoms with Gasteiger partial charge in [-0.2, -0.15) is 0 Å². The van der Waals surface area contributed by atoms with E-state index in [1.165, 1.54) is 16.0 Å². The predicted octanol–water partition coefficient (Wildman–Crippen LogP) is 4.41. The van der Waals surface area contributed by atoms with Gasteiger partial charge >= 0.3 is 0 Å². The molecule has 0 amide bonds. The van der Waals surface area contributed by atoms with Crippen molar-refractivity contribution in [3.63, 3.8) is 0 Å². The molecule has 0 aliphatic rings. The Kier molecular flexibility index (Phi) is 4.21. The first-order valence-corrected chi connectivity index (χ1v) is 6.95. The minimum absolute atomic E-state index is 0.248. The number of thiophene rings is 1. The highest BCUT2D eigenvalue weighted by molar-refractivity contribution is 7.16. The lowest BCUT2D eigenvalue weighted by atomic mass is 10.0. The van der Waals surface area contributed by atoms with Crippen LogP contribution in [0, 0.1) is 6.92 Å². The third kappa shape index (κ3) is 3.09. The van der Waals surface area contributed by atoms with Crippen LogP contribution in [0.4, 0.5) is 0 Å². The largest absolute Gasteiger partial charge is 0.306 e. The molecule has 1 nitrogen and oxygen atoms in total. The maximum Gasteiger partial charge on any atom is 0.0931 e. The molecule has 1 N–H and O–H groups in total. The molecule has 2 rings (SSSR count). The maximum atomic E-state index is 6.01. The molecule has 90 valence electrons. The number of nitrogens with one attached hydrogen (secondary N) is 1. The monoisotopic (exact) mass is 265 g/mol. The molecule has 0 radical (unpaired) electrons. The van der Waals surface area contributed by atoms with Gasteiger partial charge in [-0.15, -0.1) is 11.3 Å². The summed E-state index contributed by atoms with van der Waals surface area (Å²) in [7, 11) is 0. The quantitative estimate of drug-likeness (QED) is 0.864. The standard InChI is InChI=1S/C14H16ClNS/c1-3-16-14(12-8-9-13(15)17-12)11-6-4-10(2)5-7-11/h4-9,14,16H,3H2,1-2H3. The third-order valence-electron chi connectivity index (χ3n) is 2.70. The topological polar surface area (TPSA) is 12.0 Å². The Morgan fingerprint density at radius 2 is 1.88 bits per heavy atom. The average Bonchev–Trinajstić information content (AvgIpc) is 2.74. The summed E-state index contributed by atoms with van der Waals surface area (Å²) in [5.41, 5.74) is 2.57. The van der Waals surface area contributed by atoms with Gasteiger partial charge in [-0.05, 0) is 31.2 Å². The second kappa shape index (κ2) is 5.67. The Morgan fingerprint density at radius 1 is 1.18 bits per heavy atom. The van der Waals surface area contributed by atoms with Crippen LogP contribution in [0.2, 0.25) is 4.34 Å². The second-order valence-corrected chi connectivity index (χ2v) is 5.79. The highest BCUT2D eigenvalue weighted by Gasteiger charge is 2.14. The van der Waals surface area contributed by atoms with Crippen molar-refractivity contribution in [3.8, 4) is 0 Å². The van der Waals surface area contributed by atoms with Crippen LogP contribution in [-0.4, -0.2) is 6.54 Å². The first-order valence-electron chi connectivity index (χ1n) is 5.76. The minimum atomic E-state index is 0.248. The molecule has 1 unspecified atom stereocenters. The van der Waals surface area contributed by atoms with Gasteiger partial charge in [0, 0.05) is 4.88 Å². The van der Waals surface area contributed by atoms with Crippen molar-refractivity contribution in [1.29, 1.82) is 0 Å². The van der Waals surface area contributed by atoms with Gasteiger partial charge in [0.2, 0.25) is 0 Å². The molecule has 1 heterocycles. The van der Waals surface area contributed by atoms with Gasteiger partial charge in [-0.1, -0.05) is 48.4 Å². The average molecular weight is 266 g/mol. The summed E-state index contributed by atoms with van der Waals surface area (Å²) >= 11 is 7.65. The van der Waals surface area contributed by atoms with Gasteiger partial charge in [0.05, 0.1) is 10.4 Å². The predicted molar refractivity (Wildman–Crippen MR) is 76.0 cm³/mol. The Labute approximate surface area is 111 Å². The maximum absolute atomic E-state index is 6.01. The number of hydrogen-bond donors (Lipinski definition) is 1. The van der Waals surface area contributed by atoms with E-state index < -0.39 is 0 Å². The molecular formula is C14H16ClNS. The lowest BCUT2D eigenvalue weighted by molar-refractivity contribution is 0.639. The Bertz CT molecular complexity index is 475. The number of hydrogen-bond acceptors (Lipinski definition) is 2. The van der Waals surface area contributed by atoms with Crippen LogP contribution in [0.3, 0.4) is 0 Å². The van der Waals surface area contributed by atoms with Gasteiger partial charge in [0.15, 0.2) is 0 Å². The third-order valence-corrected chi connectivity index (χ3v) is 3.99. The molecule has 1 aromatic heterocycles. The number of benzene rings is 1. The van der Waals surface area contributed by atoms with Crippen molar-refractivity contribution in [2.24, 2.45) is 0 Å². The number of aryl methyl sites for hydroxylation is 1.